The Morgan fingerprint density at radius 1 is 1.04 bits per heavy atom. The van der Waals surface area contributed by atoms with Crippen molar-refractivity contribution in [2.75, 3.05) is 46.1 Å². The third-order valence-electron chi connectivity index (χ3n) is 4.42. The molecule has 2 fully saturated rings. The number of nitrogens with zero attached hydrogens (tertiary/aromatic N) is 4. The number of hydrogen-bond acceptors (Lipinski definition) is 6. The maximum Gasteiger partial charge on any atom is 0.320 e. The molecular formula is C17H20N4O4. The van der Waals surface area contributed by atoms with Crippen LogP contribution in [-0.2, 0) is 9.47 Å². The van der Waals surface area contributed by atoms with E-state index in [2.05, 4.69) is 10.1 Å². The van der Waals surface area contributed by atoms with E-state index in [-0.39, 0.29) is 12.1 Å². The lowest BCUT2D eigenvalue weighted by molar-refractivity contribution is -0.0119. The van der Waals surface area contributed by atoms with Gasteiger partial charge in [-0.1, -0.05) is 23.4 Å². The maximum atomic E-state index is 12.9. The number of urea groups is 1. The maximum absolute atomic E-state index is 12.9. The fraction of sp³-hybridized carbons (Fsp3) is 0.471. The number of hydrogen-bond donors (Lipinski definition) is 0. The summed E-state index contributed by atoms with van der Waals surface area (Å²) in [5.74, 6) is 0.917. The van der Waals surface area contributed by atoms with Crippen molar-refractivity contribution in [3.05, 3.63) is 36.2 Å². The van der Waals surface area contributed by atoms with E-state index in [0.717, 1.165) is 5.56 Å². The Balaban J connectivity index is 1.55. The first-order valence-electron chi connectivity index (χ1n) is 8.43. The Morgan fingerprint density at radius 2 is 1.80 bits per heavy atom. The Morgan fingerprint density at radius 3 is 2.60 bits per heavy atom. The van der Waals surface area contributed by atoms with Crippen LogP contribution in [0.1, 0.15) is 11.9 Å². The topological polar surface area (TPSA) is 80.9 Å². The molecule has 2 aliphatic heterocycles. The summed E-state index contributed by atoms with van der Waals surface area (Å²) in [5, 5.41) is 4.09. The third-order valence-corrected chi connectivity index (χ3v) is 4.42. The number of carbonyl (C=O) groups is 1. The minimum absolute atomic E-state index is 0.0253. The first-order chi connectivity index (χ1) is 12.3. The van der Waals surface area contributed by atoms with E-state index in [4.69, 9.17) is 14.0 Å². The minimum atomic E-state index is -0.342. The molecule has 0 saturated carbocycles. The molecule has 0 spiro atoms. The third kappa shape index (κ3) is 3.35. The average molecular weight is 344 g/mol. The van der Waals surface area contributed by atoms with Gasteiger partial charge in [-0.05, 0) is 12.1 Å². The van der Waals surface area contributed by atoms with Crippen LogP contribution in [-0.4, -0.2) is 72.0 Å². The summed E-state index contributed by atoms with van der Waals surface area (Å²) in [4.78, 5) is 20.9. The first-order valence-corrected chi connectivity index (χ1v) is 8.43. The van der Waals surface area contributed by atoms with Crippen molar-refractivity contribution in [1.82, 2.24) is 19.9 Å². The molecule has 3 heterocycles. The van der Waals surface area contributed by atoms with Gasteiger partial charge in [0.25, 0.3) is 5.89 Å². The van der Waals surface area contributed by atoms with Gasteiger partial charge in [0.1, 0.15) is 6.04 Å². The molecule has 1 aromatic heterocycles. The van der Waals surface area contributed by atoms with Gasteiger partial charge < -0.3 is 23.8 Å². The molecule has 2 amide bonds. The highest BCUT2D eigenvalue weighted by atomic mass is 16.5. The van der Waals surface area contributed by atoms with E-state index in [0.29, 0.717) is 57.8 Å². The number of benzene rings is 1. The number of morpholine rings is 2. The highest BCUT2D eigenvalue weighted by molar-refractivity contribution is 5.75. The molecule has 2 aromatic rings. The van der Waals surface area contributed by atoms with Gasteiger partial charge in [-0.15, -0.1) is 0 Å². The lowest BCUT2D eigenvalue weighted by Crippen LogP contribution is -2.52. The number of aromatic nitrogens is 2. The van der Waals surface area contributed by atoms with Crippen molar-refractivity contribution >= 4 is 6.03 Å². The molecule has 2 saturated heterocycles. The second-order valence-electron chi connectivity index (χ2n) is 5.99. The highest BCUT2D eigenvalue weighted by Gasteiger charge is 2.35. The van der Waals surface area contributed by atoms with Crippen molar-refractivity contribution in [3.63, 3.8) is 0 Å². The van der Waals surface area contributed by atoms with E-state index in [1.54, 1.807) is 9.80 Å². The molecule has 4 rings (SSSR count). The van der Waals surface area contributed by atoms with Crippen LogP contribution in [0.3, 0.4) is 0 Å². The van der Waals surface area contributed by atoms with Gasteiger partial charge in [0.05, 0.1) is 26.4 Å². The van der Waals surface area contributed by atoms with Crippen molar-refractivity contribution in [2.45, 2.75) is 6.04 Å². The lowest BCUT2D eigenvalue weighted by atomic mass is 10.2. The molecule has 0 aliphatic carbocycles. The molecule has 2 aliphatic rings. The summed E-state index contributed by atoms with van der Waals surface area (Å²) in [7, 11) is 0. The molecule has 0 bridgehead atoms. The molecule has 0 radical (unpaired) electrons. The Bertz CT molecular complexity index is 714. The predicted octanol–water partition coefficient (Wildman–Crippen LogP) is 1.56. The van der Waals surface area contributed by atoms with E-state index in [1.165, 1.54) is 0 Å². The van der Waals surface area contributed by atoms with Gasteiger partial charge in [-0.25, -0.2) is 4.79 Å². The van der Waals surface area contributed by atoms with Crippen LogP contribution in [0.25, 0.3) is 11.5 Å². The number of amides is 2. The fourth-order valence-electron chi connectivity index (χ4n) is 3.05. The van der Waals surface area contributed by atoms with Crippen molar-refractivity contribution in [3.8, 4) is 11.5 Å². The van der Waals surface area contributed by atoms with Gasteiger partial charge in [-0.3, -0.25) is 0 Å². The normalized spacial score (nSPS) is 21.4. The standard InChI is InChI=1S/C17H20N4O4/c22-17(20-6-9-23-10-7-20)21-8-11-24-12-14(21)15-18-16(25-19-15)13-4-2-1-3-5-13/h1-5,14H,6-12H2. The van der Waals surface area contributed by atoms with Crippen LogP contribution < -0.4 is 0 Å². The fourth-order valence-corrected chi connectivity index (χ4v) is 3.05. The van der Waals surface area contributed by atoms with Gasteiger partial charge in [-0.2, -0.15) is 4.98 Å². The summed E-state index contributed by atoms with van der Waals surface area (Å²) in [6.45, 7) is 3.73. The van der Waals surface area contributed by atoms with Gasteiger partial charge >= 0.3 is 6.03 Å². The van der Waals surface area contributed by atoms with Crippen LogP contribution in [0.5, 0.6) is 0 Å². The number of carbonyl (C=O) groups excluding carboxylic acids is 1. The zero-order valence-electron chi connectivity index (χ0n) is 13.8. The number of rotatable bonds is 2. The molecule has 132 valence electrons. The largest absolute Gasteiger partial charge is 0.378 e. The molecule has 1 aromatic carbocycles. The minimum Gasteiger partial charge on any atom is -0.378 e. The Kier molecular flexibility index (Phi) is 4.62. The van der Waals surface area contributed by atoms with Crippen molar-refractivity contribution in [1.29, 1.82) is 0 Å². The van der Waals surface area contributed by atoms with Crippen LogP contribution >= 0.6 is 0 Å². The molecule has 0 N–H and O–H groups in total. The summed E-state index contributed by atoms with van der Waals surface area (Å²) >= 11 is 0. The highest BCUT2D eigenvalue weighted by Crippen LogP contribution is 2.26. The molecule has 1 atom stereocenters. The summed E-state index contributed by atoms with van der Waals surface area (Å²) in [5.41, 5.74) is 0.851. The summed E-state index contributed by atoms with van der Waals surface area (Å²) in [6, 6.07) is 9.21. The summed E-state index contributed by atoms with van der Waals surface area (Å²) < 4.78 is 16.3. The molecule has 8 heteroatoms. The molecule has 1 unspecified atom stereocenters. The van der Waals surface area contributed by atoms with Crippen molar-refractivity contribution < 1.29 is 18.8 Å². The van der Waals surface area contributed by atoms with Crippen LogP contribution in [0, 0.1) is 0 Å². The molecular weight excluding hydrogens is 324 g/mol. The van der Waals surface area contributed by atoms with Crippen LogP contribution in [0.2, 0.25) is 0 Å². The quantitative estimate of drug-likeness (QED) is 0.822. The zero-order chi connectivity index (χ0) is 17.1. The average Bonchev–Trinajstić information content (AvgIpc) is 3.19. The summed E-state index contributed by atoms with van der Waals surface area (Å²) in [6.07, 6.45) is 0. The van der Waals surface area contributed by atoms with E-state index in [9.17, 15) is 4.79 Å². The van der Waals surface area contributed by atoms with Gasteiger partial charge in [0.2, 0.25) is 0 Å². The van der Waals surface area contributed by atoms with E-state index < -0.39 is 0 Å². The van der Waals surface area contributed by atoms with Crippen LogP contribution in [0.4, 0.5) is 4.79 Å². The predicted molar refractivity (Wildman–Crippen MR) is 87.8 cm³/mol. The second kappa shape index (κ2) is 7.20. The van der Waals surface area contributed by atoms with E-state index in [1.807, 2.05) is 30.3 Å². The zero-order valence-corrected chi connectivity index (χ0v) is 13.8. The Hall–Kier alpha value is -2.45. The van der Waals surface area contributed by atoms with E-state index >= 15 is 0 Å². The number of ether oxygens (including phenoxy) is 2. The second-order valence-corrected chi connectivity index (χ2v) is 5.99. The van der Waals surface area contributed by atoms with Crippen molar-refractivity contribution in [2.24, 2.45) is 0 Å². The van der Waals surface area contributed by atoms with Crippen LogP contribution in [0.15, 0.2) is 34.9 Å². The van der Waals surface area contributed by atoms with Gasteiger partial charge in [0.15, 0.2) is 5.82 Å². The molecule has 25 heavy (non-hydrogen) atoms. The Labute approximate surface area is 145 Å². The SMILES string of the molecule is O=C(N1CCOCC1)N1CCOCC1c1noc(-c2ccccc2)n1. The van der Waals surface area contributed by atoms with Gasteiger partial charge in [0, 0.05) is 25.2 Å². The lowest BCUT2D eigenvalue weighted by Gasteiger charge is -2.38. The molecule has 8 nitrogen and oxygen atoms in total. The first kappa shape index (κ1) is 16.0. The monoisotopic (exact) mass is 344 g/mol. The smallest absolute Gasteiger partial charge is 0.320 e.